The molecule has 0 aliphatic rings. The van der Waals surface area contributed by atoms with Crippen molar-refractivity contribution in [2.75, 3.05) is 13.2 Å². The Morgan fingerprint density at radius 2 is 1.69 bits per heavy atom. The number of nitrogens with zero attached hydrogens (tertiary/aromatic N) is 2. The molecule has 1 heterocycles. The summed E-state index contributed by atoms with van der Waals surface area (Å²) in [4.78, 5) is 20.4. The summed E-state index contributed by atoms with van der Waals surface area (Å²) in [5, 5.41) is 0. The van der Waals surface area contributed by atoms with Crippen LogP contribution in [0.3, 0.4) is 0 Å². The molecule has 140 valence electrons. The fourth-order valence-corrected chi connectivity index (χ4v) is 2.49. The lowest BCUT2D eigenvalue weighted by atomic mass is 10.1. The minimum absolute atomic E-state index is 0.0808. The number of carbonyl (C=O) groups is 1. The minimum Gasteiger partial charge on any atom is -0.482 e. The highest BCUT2D eigenvalue weighted by Crippen LogP contribution is 2.19. The number of hydrogen-bond acceptors (Lipinski definition) is 5. The molecule has 0 saturated heterocycles. The lowest BCUT2D eigenvalue weighted by Crippen LogP contribution is -2.15. The number of aromatic nitrogens is 2. The number of hydrogen-bond donors (Lipinski definition) is 0. The first-order chi connectivity index (χ1) is 12.7. The quantitative estimate of drug-likeness (QED) is 0.435. The maximum Gasteiger partial charge on any atom is 0.344 e. The van der Waals surface area contributed by atoms with E-state index in [1.54, 1.807) is 0 Å². The molecule has 0 atom stereocenters. The van der Waals surface area contributed by atoms with E-state index >= 15 is 0 Å². The highest BCUT2D eigenvalue weighted by molar-refractivity contribution is 5.71. The summed E-state index contributed by atoms with van der Waals surface area (Å²) in [7, 11) is 0. The number of aryl methyl sites for hydroxylation is 1. The van der Waals surface area contributed by atoms with Crippen molar-refractivity contribution in [1.82, 2.24) is 9.97 Å². The van der Waals surface area contributed by atoms with Crippen molar-refractivity contribution in [3.8, 4) is 17.1 Å². The second-order valence-corrected chi connectivity index (χ2v) is 6.26. The lowest BCUT2D eigenvalue weighted by Gasteiger charge is -2.07. The van der Waals surface area contributed by atoms with Crippen molar-refractivity contribution in [3.63, 3.8) is 0 Å². The summed E-state index contributed by atoms with van der Waals surface area (Å²) in [5.74, 6) is 0.958. The number of rotatable bonds is 11. The molecule has 1 aromatic carbocycles. The number of carbonyl (C=O) groups excluding carboxylic acids is 1. The van der Waals surface area contributed by atoms with Gasteiger partial charge in [0.15, 0.2) is 12.4 Å². The standard InChI is InChI=1S/C21H28N2O3/c1-3-5-6-7-8-17-14-22-21(23-15-17)18-9-11-19(12-10-18)26-16-20(24)25-13-4-2/h9-12,14-15H,3-8,13,16H2,1-2H3. The second-order valence-electron chi connectivity index (χ2n) is 6.26. The first kappa shape index (κ1) is 19.9. The molecule has 5 heteroatoms. The third kappa shape index (κ3) is 6.82. The van der Waals surface area contributed by atoms with Crippen molar-refractivity contribution in [2.45, 2.75) is 52.4 Å². The van der Waals surface area contributed by atoms with Crippen LogP contribution in [0.15, 0.2) is 36.7 Å². The average Bonchev–Trinajstić information content (AvgIpc) is 2.69. The molecular formula is C21H28N2O3. The number of benzene rings is 1. The molecule has 2 aromatic rings. The molecule has 0 spiro atoms. The van der Waals surface area contributed by atoms with E-state index in [2.05, 4.69) is 16.9 Å². The van der Waals surface area contributed by atoms with Gasteiger partial charge < -0.3 is 9.47 Å². The van der Waals surface area contributed by atoms with Crippen molar-refractivity contribution in [1.29, 1.82) is 0 Å². The van der Waals surface area contributed by atoms with Crippen LogP contribution in [0, 0.1) is 0 Å². The van der Waals surface area contributed by atoms with Crippen LogP contribution in [0.1, 0.15) is 51.5 Å². The van der Waals surface area contributed by atoms with E-state index in [1.807, 2.05) is 43.6 Å². The first-order valence-electron chi connectivity index (χ1n) is 9.42. The third-order valence-corrected chi connectivity index (χ3v) is 3.96. The number of esters is 1. The maximum atomic E-state index is 11.4. The van der Waals surface area contributed by atoms with Gasteiger partial charge in [-0.1, -0.05) is 33.1 Å². The Kier molecular flexibility index (Phi) is 8.60. The predicted molar refractivity (Wildman–Crippen MR) is 102 cm³/mol. The molecule has 26 heavy (non-hydrogen) atoms. The van der Waals surface area contributed by atoms with Crippen molar-refractivity contribution in [2.24, 2.45) is 0 Å². The molecular weight excluding hydrogens is 328 g/mol. The van der Waals surface area contributed by atoms with Gasteiger partial charge in [-0.2, -0.15) is 0 Å². The molecule has 0 fully saturated rings. The minimum atomic E-state index is -0.353. The van der Waals surface area contributed by atoms with Crippen molar-refractivity contribution >= 4 is 5.97 Å². The van der Waals surface area contributed by atoms with E-state index in [1.165, 1.54) is 31.2 Å². The Hall–Kier alpha value is -2.43. The van der Waals surface area contributed by atoms with Gasteiger partial charge in [-0.05, 0) is 49.1 Å². The SMILES string of the molecule is CCCCCCc1cnc(-c2ccc(OCC(=O)OCCC)cc2)nc1. The molecule has 1 aromatic heterocycles. The lowest BCUT2D eigenvalue weighted by molar-refractivity contribution is -0.146. The van der Waals surface area contributed by atoms with Gasteiger partial charge in [-0.15, -0.1) is 0 Å². The van der Waals surface area contributed by atoms with Gasteiger partial charge in [0.1, 0.15) is 5.75 Å². The van der Waals surface area contributed by atoms with Gasteiger partial charge in [-0.25, -0.2) is 14.8 Å². The van der Waals surface area contributed by atoms with E-state index in [0.717, 1.165) is 18.4 Å². The summed E-state index contributed by atoms with van der Waals surface area (Å²) in [5.41, 5.74) is 2.10. The normalized spacial score (nSPS) is 10.5. The summed E-state index contributed by atoms with van der Waals surface area (Å²) >= 11 is 0. The predicted octanol–water partition coefficient (Wildman–Crippen LogP) is 4.60. The van der Waals surface area contributed by atoms with E-state index in [0.29, 0.717) is 18.2 Å². The van der Waals surface area contributed by atoms with Gasteiger partial charge in [-0.3, -0.25) is 0 Å². The van der Waals surface area contributed by atoms with Gasteiger partial charge in [0.05, 0.1) is 6.61 Å². The van der Waals surface area contributed by atoms with Crippen molar-refractivity contribution < 1.29 is 14.3 Å². The second kappa shape index (κ2) is 11.2. The van der Waals surface area contributed by atoms with Crippen molar-refractivity contribution in [3.05, 3.63) is 42.2 Å². The Balaban J connectivity index is 1.84. The van der Waals surface area contributed by atoms with E-state index in [4.69, 9.17) is 9.47 Å². The van der Waals surface area contributed by atoms with E-state index < -0.39 is 0 Å². The van der Waals surface area contributed by atoms with Crippen LogP contribution in [0.5, 0.6) is 5.75 Å². The molecule has 0 saturated carbocycles. The van der Waals surface area contributed by atoms with Gasteiger partial charge in [0.25, 0.3) is 0 Å². The fraction of sp³-hybridized carbons (Fsp3) is 0.476. The Bertz CT molecular complexity index is 654. The summed E-state index contributed by atoms with van der Waals surface area (Å²) in [6.45, 7) is 4.51. The first-order valence-corrected chi connectivity index (χ1v) is 9.42. The molecule has 0 radical (unpaired) electrons. The molecule has 5 nitrogen and oxygen atoms in total. The zero-order valence-electron chi connectivity index (χ0n) is 15.7. The maximum absolute atomic E-state index is 11.4. The number of ether oxygens (including phenoxy) is 2. The monoisotopic (exact) mass is 356 g/mol. The molecule has 0 aliphatic carbocycles. The van der Waals surface area contributed by atoms with E-state index in [9.17, 15) is 4.79 Å². The summed E-state index contributed by atoms with van der Waals surface area (Å²) in [6, 6.07) is 7.40. The van der Waals surface area contributed by atoms with Crippen LogP contribution in [0.4, 0.5) is 0 Å². The van der Waals surface area contributed by atoms with Crippen LogP contribution in [-0.2, 0) is 16.0 Å². The van der Waals surface area contributed by atoms with Crippen LogP contribution in [0.2, 0.25) is 0 Å². The summed E-state index contributed by atoms with van der Waals surface area (Å²) < 4.78 is 10.4. The molecule has 0 N–H and O–H groups in total. The molecule has 0 amide bonds. The van der Waals surface area contributed by atoms with Gasteiger partial charge >= 0.3 is 5.97 Å². The zero-order chi connectivity index (χ0) is 18.6. The fourth-order valence-electron chi connectivity index (χ4n) is 2.49. The third-order valence-electron chi connectivity index (χ3n) is 3.96. The Labute approximate surface area is 155 Å². The van der Waals surface area contributed by atoms with Crippen LogP contribution in [0.25, 0.3) is 11.4 Å². The largest absolute Gasteiger partial charge is 0.482 e. The highest BCUT2D eigenvalue weighted by atomic mass is 16.6. The number of unbranched alkanes of at least 4 members (excludes halogenated alkanes) is 3. The van der Waals surface area contributed by atoms with Gasteiger partial charge in [0, 0.05) is 18.0 Å². The zero-order valence-corrected chi connectivity index (χ0v) is 15.7. The Morgan fingerprint density at radius 1 is 0.962 bits per heavy atom. The smallest absolute Gasteiger partial charge is 0.344 e. The average molecular weight is 356 g/mol. The highest BCUT2D eigenvalue weighted by Gasteiger charge is 2.05. The topological polar surface area (TPSA) is 61.3 Å². The molecule has 0 bridgehead atoms. The van der Waals surface area contributed by atoms with Gasteiger partial charge in [0.2, 0.25) is 0 Å². The molecule has 2 rings (SSSR count). The molecule has 0 unspecified atom stereocenters. The van der Waals surface area contributed by atoms with Crippen LogP contribution >= 0.6 is 0 Å². The summed E-state index contributed by atoms with van der Waals surface area (Å²) in [6.07, 6.45) is 10.6. The van der Waals surface area contributed by atoms with Crippen LogP contribution < -0.4 is 4.74 Å². The van der Waals surface area contributed by atoms with E-state index in [-0.39, 0.29) is 12.6 Å². The Morgan fingerprint density at radius 3 is 2.35 bits per heavy atom. The van der Waals surface area contributed by atoms with Crippen LogP contribution in [-0.4, -0.2) is 29.2 Å². The molecule has 0 aliphatic heterocycles.